The Hall–Kier alpha value is -1.36. The Balaban J connectivity index is 1.95. The highest BCUT2D eigenvalue weighted by atomic mass is 35.5. The molecule has 98 valence electrons. The second-order valence-electron chi connectivity index (χ2n) is 4.42. The quantitative estimate of drug-likeness (QED) is 0.923. The number of halogens is 1. The van der Waals surface area contributed by atoms with Crippen LogP contribution < -0.4 is 10.2 Å². The third-order valence-corrected chi connectivity index (χ3v) is 4.33. The molecule has 1 aromatic carbocycles. The number of hydrogen-bond donors (Lipinski definition) is 1. The number of carbonyl (C=O) groups excluding carboxylic acids is 1. The summed E-state index contributed by atoms with van der Waals surface area (Å²) in [5, 5.41) is 3.16. The summed E-state index contributed by atoms with van der Waals surface area (Å²) in [5.41, 5.74) is 2.14. The van der Waals surface area contributed by atoms with Crippen LogP contribution in [0.25, 0.3) is 0 Å². The molecule has 1 aliphatic heterocycles. The maximum Gasteiger partial charge on any atom is 0.241 e. The molecule has 1 amide bonds. The minimum Gasteiger partial charge on any atom is -0.306 e. The van der Waals surface area contributed by atoms with Gasteiger partial charge in [0.05, 0.1) is 17.4 Å². The van der Waals surface area contributed by atoms with E-state index >= 15 is 0 Å². The van der Waals surface area contributed by atoms with Crippen molar-refractivity contribution in [1.29, 1.82) is 0 Å². The van der Waals surface area contributed by atoms with Crippen molar-refractivity contribution in [2.24, 2.45) is 0 Å². The van der Waals surface area contributed by atoms with Crippen molar-refractivity contribution >= 4 is 34.5 Å². The van der Waals surface area contributed by atoms with E-state index in [4.69, 9.17) is 11.6 Å². The minimum atomic E-state index is 0.0921. The number of thiophene rings is 1. The highest BCUT2D eigenvalue weighted by Crippen LogP contribution is 2.28. The second kappa shape index (κ2) is 5.33. The van der Waals surface area contributed by atoms with Gasteiger partial charge in [0.1, 0.15) is 0 Å². The van der Waals surface area contributed by atoms with Crippen LogP contribution in [0.15, 0.2) is 36.4 Å². The number of hydrogen-bond acceptors (Lipinski definition) is 3. The van der Waals surface area contributed by atoms with Crippen molar-refractivity contribution in [2.45, 2.75) is 13.1 Å². The summed E-state index contributed by atoms with van der Waals surface area (Å²) in [7, 11) is 0. The number of fused-ring (bicyclic) bond motifs is 1. The molecule has 0 atom stereocenters. The van der Waals surface area contributed by atoms with Gasteiger partial charge in [0.2, 0.25) is 5.91 Å². The number of amides is 1. The van der Waals surface area contributed by atoms with Gasteiger partial charge in [-0.2, -0.15) is 0 Å². The van der Waals surface area contributed by atoms with Crippen LogP contribution >= 0.6 is 22.9 Å². The Labute approximate surface area is 120 Å². The molecule has 2 heterocycles. The van der Waals surface area contributed by atoms with E-state index in [2.05, 4.69) is 11.4 Å². The van der Waals surface area contributed by atoms with Gasteiger partial charge in [-0.25, -0.2) is 0 Å². The van der Waals surface area contributed by atoms with Gasteiger partial charge in [-0.1, -0.05) is 29.8 Å². The molecule has 5 heteroatoms. The molecule has 0 saturated heterocycles. The van der Waals surface area contributed by atoms with Crippen LogP contribution in [-0.2, 0) is 17.9 Å². The summed E-state index contributed by atoms with van der Waals surface area (Å²) in [6.45, 7) is 1.67. The first kappa shape index (κ1) is 12.7. The highest BCUT2D eigenvalue weighted by Gasteiger charge is 2.22. The zero-order chi connectivity index (χ0) is 13.2. The third-order valence-electron chi connectivity index (χ3n) is 3.12. The van der Waals surface area contributed by atoms with Gasteiger partial charge in [-0.15, -0.1) is 11.3 Å². The summed E-state index contributed by atoms with van der Waals surface area (Å²) in [6.07, 6.45) is 0. The molecule has 0 unspecified atom stereocenters. The number of rotatable bonds is 2. The van der Waals surface area contributed by atoms with Crippen LogP contribution in [0.4, 0.5) is 5.69 Å². The molecule has 1 aliphatic rings. The van der Waals surface area contributed by atoms with E-state index in [1.165, 1.54) is 11.3 Å². The van der Waals surface area contributed by atoms with Crippen LogP contribution in [0, 0.1) is 0 Å². The van der Waals surface area contributed by atoms with E-state index in [9.17, 15) is 4.79 Å². The first-order valence-corrected chi connectivity index (χ1v) is 7.27. The van der Waals surface area contributed by atoms with Crippen LogP contribution in [0.1, 0.15) is 10.4 Å². The Kier molecular flexibility index (Phi) is 3.55. The van der Waals surface area contributed by atoms with Crippen LogP contribution in [0.3, 0.4) is 0 Å². The van der Waals surface area contributed by atoms with Crippen molar-refractivity contribution in [2.75, 3.05) is 11.4 Å². The fourth-order valence-electron chi connectivity index (χ4n) is 2.22. The SMILES string of the molecule is O=C1CNCc2ccccc2N1Cc1ccc(Cl)s1. The largest absolute Gasteiger partial charge is 0.306 e. The van der Waals surface area contributed by atoms with Crippen molar-refractivity contribution in [1.82, 2.24) is 5.32 Å². The molecule has 2 aromatic rings. The maximum absolute atomic E-state index is 12.2. The van der Waals surface area contributed by atoms with Gasteiger partial charge in [0.15, 0.2) is 0 Å². The predicted molar refractivity (Wildman–Crippen MR) is 78.7 cm³/mol. The fourth-order valence-corrected chi connectivity index (χ4v) is 3.30. The first-order chi connectivity index (χ1) is 9.24. The van der Waals surface area contributed by atoms with Crippen LogP contribution in [0.2, 0.25) is 4.34 Å². The topological polar surface area (TPSA) is 32.3 Å². The molecule has 3 rings (SSSR count). The predicted octanol–water partition coefficient (Wildman–Crippen LogP) is 3.04. The number of para-hydroxylation sites is 1. The number of nitrogens with one attached hydrogen (secondary N) is 1. The fraction of sp³-hybridized carbons (Fsp3) is 0.214. The Morgan fingerprint density at radius 2 is 2.05 bits per heavy atom. The van der Waals surface area contributed by atoms with E-state index in [0.29, 0.717) is 13.1 Å². The molecule has 0 radical (unpaired) electrons. The molecule has 0 spiro atoms. The maximum atomic E-state index is 12.2. The molecule has 0 saturated carbocycles. The number of benzene rings is 1. The lowest BCUT2D eigenvalue weighted by molar-refractivity contribution is -0.117. The smallest absolute Gasteiger partial charge is 0.241 e. The van der Waals surface area contributed by atoms with Crippen LogP contribution in [-0.4, -0.2) is 12.5 Å². The summed E-state index contributed by atoms with van der Waals surface area (Å²) in [5.74, 6) is 0.0921. The molecule has 1 N–H and O–H groups in total. The molecule has 0 bridgehead atoms. The number of nitrogens with zero attached hydrogens (tertiary/aromatic N) is 1. The van der Waals surface area contributed by atoms with Gasteiger partial charge in [0.25, 0.3) is 0 Å². The molecule has 0 aliphatic carbocycles. The third kappa shape index (κ3) is 2.66. The Morgan fingerprint density at radius 1 is 1.21 bits per heavy atom. The number of carbonyl (C=O) groups is 1. The van der Waals surface area contributed by atoms with Gasteiger partial charge >= 0.3 is 0 Å². The van der Waals surface area contributed by atoms with Crippen molar-refractivity contribution in [3.63, 3.8) is 0 Å². The number of anilines is 1. The molecule has 0 fully saturated rings. The van der Waals surface area contributed by atoms with Gasteiger partial charge in [-0.05, 0) is 23.8 Å². The van der Waals surface area contributed by atoms with Gasteiger partial charge in [0, 0.05) is 17.1 Å². The average Bonchev–Trinajstić information content (AvgIpc) is 2.75. The Morgan fingerprint density at radius 3 is 2.84 bits per heavy atom. The molecule has 3 nitrogen and oxygen atoms in total. The monoisotopic (exact) mass is 292 g/mol. The summed E-state index contributed by atoms with van der Waals surface area (Å²) >= 11 is 7.47. The van der Waals surface area contributed by atoms with Crippen LogP contribution in [0.5, 0.6) is 0 Å². The lowest BCUT2D eigenvalue weighted by Crippen LogP contribution is -2.34. The van der Waals surface area contributed by atoms with E-state index in [1.807, 2.05) is 35.2 Å². The van der Waals surface area contributed by atoms with E-state index < -0.39 is 0 Å². The van der Waals surface area contributed by atoms with E-state index in [1.54, 1.807) is 0 Å². The zero-order valence-corrected chi connectivity index (χ0v) is 11.8. The Bertz CT molecular complexity index is 611. The van der Waals surface area contributed by atoms with Crippen molar-refractivity contribution in [3.8, 4) is 0 Å². The normalized spacial score (nSPS) is 15.2. The van der Waals surface area contributed by atoms with Gasteiger partial charge < -0.3 is 10.2 Å². The summed E-state index contributed by atoms with van der Waals surface area (Å²) < 4.78 is 0.753. The molecule has 19 heavy (non-hydrogen) atoms. The lowest BCUT2D eigenvalue weighted by atomic mass is 10.1. The minimum absolute atomic E-state index is 0.0921. The lowest BCUT2D eigenvalue weighted by Gasteiger charge is -2.21. The van der Waals surface area contributed by atoms with E-state index in [-0.39, 0.29) is 5.91 Å². The van der Waals surface area contributed by atoms with E-state index in [0.717, 1.165) is 27.0 Å². The second-order valence-corrected chi connectivity index (χ2v) is 6.22. The molecular weight excluding hydrogens is 280 g/mol. The average molecular weight is 293 g/mol. The molecular formula is C14H13ClN2OS. The summed E-state index contributed by atoms with van der Waals surface area (Å²) in [6, 6.07) is 11.8. The highest BCUT2D eigenvalue weighted by molar-refractivity contribution is 7.16. The molecule has 1 aromatic heterocycles. The zero-order valence-electron chi connectivity index (χ0n) is 10.2. The van der Waals surface area contributed by atoms with Crippen molar-refractivity contribution in [3.05, 3.63) is 51.2 Å². The van der Waals surface area contributed by atoms with Crippen molar-refractivity contribution < 1.29 is 4.79 Å². The standard InChI is InChI=1S/C14H13ClN2OS/c15-13-6-5-11(19-13)9-17-12-4-2-1-3-10(12)7-16-8-14(17)18/h1-6,16H,7-9H2. The first-order valence-electron chi connectivity index (χ1n) is 6.07. The summed E-state index contributed by atoms with van der Waals surface area (Å²) in [4.78, 5) is 15.1. The van der Waals surface area contributed by atoms with Gasteiger partial charge in [-0.3, -0.25) is 4.79 Å².